The summed E-state index contributed by atoms with van der Waals surface area (Å²) < 4.78 is 11.4. The maximum Gasteiger partial charge on any atom is 0.232 e. The zero-order valence-electron chi connectivity index (χ0n) is 17.0. The fourth-order valence-corrected chi connectivity index (χ4v) is 3.64. The van der Waals surface area contributed by atoms with E-state index in [4.69, 9.17) is 9.47 Å². The molecule has 3 aromatic rings. The Labute approximate surface area is 171 Å². The molecule has 1 aliphatic heterocycles. The second-order valence-electron chi connectivity index (χ2n) is 7.39. The molecule has 0 aliphatic carbocycles. The lowest BCUT2D eigenvalue weighted by atomic mass is 9.94. The van der Waals surface area contributed by atoms with Gasteiger partial charge >= 0.3 is 0 Å². The normalized spacial score (nSPS) is 14.9. The minimum absolute atomic E-state index is 0.544. The van der Waals surface area contributed by atoms with Gasteiger partial charge in [0.15, 0.2) is 5.82 Å². The first-order chi connectivity index (χ1) is 14.2. The van der Waals surface area contributed by atoms with Crippen molar-refractivity contribution in [3.63, 3.8) is 0 Å². The number of ether oxygens (including phenoxy) is 2. The van der Waals surface area contributed by atoms with Gasteiger partial charge in [-0.15, -0.1) is 5.10 Å². The highest BCUT2D eigenvalue weighted by Crippen LogP contribution is 2.25. The molecular formula is C22H27N5O2. The molecule has 0 spiro atoms. The average Bonchev–Trinajstić information content (AvgIpc) is 2.75. The number of aryl methyl sites for hydroxylation is 1. The van der Waals surface area contributed by atoms with Crippen molar-refractivity contribution in [1.29, 1.82) is 0 Å². The molecule has 1 aliphatic rings. The highest BCUT2D eigenvalue weighted by atomic mass is 16.5. The number of anilines is 1. The molecule has 0 N–H and O–H groups in total. The molecule has 2 aromatic heterocycles. The summed E-state index contributed by atoms with van der Waals surface area (Å²) in [4.78, 5) is 11.2. The van der Waals surface area contributed by atoms with Crippen LogP contribution in [0.1, 0.15) is 31.9 Å². The van der Waals surface area contributed by atoms with Crippen LogP contribution in [-0.4, -0.2) is 46.5 Å². The molecule has 29 heavy (non-hydrogen) atoms. The predicted octanol–water partition coefficient (Wildman–Crippen LogP) is 3.81. The van der Waals surface area contributed by atoms with Gasteiger partial charge in [-0.2, -0.15) is 5.10 Å². The van der Waals surface area contributed by atoms with E-state index in [1.54, 1.807) is 6.20 Å². The van der Waals surface area contributed by atoms with E-state index in [0.29, 0.717) is 25.0 Å². The third-order valence-electron chi connectivity index (χ3n) is 5.30. The van der Waals surface area contributed by atoms with Gasteiger partial charge in [-0.3, -0.25) is 0 Å². The van der Waals surface area contributed by atoms with Crippen LogP contribution in [-0.2, 0) is 0 Å². The molecule has 0 unspecified atom stereocenters. The lowest BCUT2D eigenvalue weighted by molar-refractivity contribution is 0.258. The van der Waals surface area contributed by atoms with E-state index in [2.05, 4.69) is 31.1 Å². The number of aromatic nitrogens is 4. The second-order valence-corrected chi connectivity index (χ2v) is 7.39. The standard InChI is InChI=1S/C22H27N5O2/c1-3-28-22-15-23-19-6-5-18(14-20(19)24-22)29-13-10-17-8-11-27(12-9-17)21-7-4-16(2)25-26-21/h4-7,14-15,17H,3,8-13H2,1-2H3. The zero-order chi connectivity index (χ0) is 20.1. The molecule has 0 atom stereocenters. The van der Waals surface area contributed by atoms with Crippen molar-refractivity contribution in [2.75, 3.05) is 31.2 Å². The molecule has 4 rings (SSSR count). The van der Waals surface area contributed by atoms with Gasteiger partial charge in [0.1, 0.15) is 5.75 Å². The van der Waals surface area contributed by atoms with Crippen LogP contribution in [0.2, 0.25) is 0 Å². The maximum atomic E-state index is 6.00. The number of fused-ring (bicyclic) bond motifs is 1. The lowest BCUT2D eigenvalue weighted by Gasteiger charge is -2.32. The fraction of sp³-hybridized carbons (Fsp3) is 0.455. The summed E-state index contributed by atoms with van der Waals surface area (Å²) in [5.74, 6) is 3.03. The van der Waals surface area contributed by atoms with E-state index >= 15 is 0 Å². The highest BCUT2D eigenvalue weighted by molar-refractivity contribution is 5.76. The third kappa shape index (κ3) is 4.91. The molecule has 3 heterocycles. The second kappa shape index (κ2) is 9.03. The van der Waals surface area contributed by atoms with Gasteiger partial charge in [0, 0.05) is 19.2 Å². The van der Waals surface area contributed by atoms with Crippen molar-refractivity contribution in [3.05, 3.63) is 42.2 Å². The third-order valence-corrected chi connectivity index (χ3v) is 5.30. The minimum Gasteiger partial charge on any atom is -0.494 e. The van der Waals surface area contributed by atoms with Crippen LogP contribution in [0.3, 0.4) is 0 Å². The van der Waals surface area contributed by atoms with Gasteiger partial charge in [-0.05, 0) is 63.3 Å². The van der Waals surface area contributed by atoms with Crippen molar-refractivity contribution in [2.24, 2.45) is 5.92 Å². The van der Waals surface area contributed by atoms with Gasteiger partial charge in [-0.1, -0.05) is 0 Å². The Morgan fingerprint density at radius 3 is 2.66 bits per heavy atom. The van der Waals surface area contributed by atoms with Crippen molar-refractivity contribution in [1.82, 2.24) is 20.2 Å². The van der Waals surface area contributed by atoms with Crippen LogP contribution in [0, 0.1) is 12.8 Å². The van der Waals surface area contributed by atoms with Crippen molar-refractivity contribution in [3.8, 4) is 11.6 Å². The number of benzene rings is 1. The number of piperidine rings is 1. The Balaban J connectivity index is 1.26. The molecule has 0 radical (unpaired) electrons. The number of nitrogens with zero attached hydrogens (tertiary/aromatic N) is 5. The molecule has 7 heteroatoms. The number of rotatable bonds is 7. The average molecular weight is 393 g/mol. The van der Waals surface area contributed by atoms with Gasteiger partial charge in [-0.25, -0.2) is 9.97 Å². The molecule has 0 bridgehead atoms. The van der Waals surface area contributed by atoms with E-state index < -0.39 is 0 Å². The SMILES string of the molecule is CCOc1cnc2ccc(OCCC3CCN(c4ccc(C)nn4)CC3)cc2n1. The van der Waals surface area contributed by atoms with Crippen LogP contribution in [0.4, 0.5) is 5.82 Å². The van der Waals surface area contributed by atoms with E-state index in [1.807, 2.05) is 38.1 Å². The largest absolute Gasteiger partial charge is 0.494 e. The first kappa shape index (κ1) is 19.4. The van der Waals surface area contributed by atoms with E-state index in [0.717, 1.165) is 60.6 Å². The van der Waals surface area contributed by atoms with Gasteiger partial charge in [0.25, 0.3) is 0 Å². The minimum atomic E-state index is 0.544. The summed E-state index contributed by atoms with van der Waals surface area (Å²) in [6.45, 7) is 7.22. The molecule has 1 saturated heterocycles. The molecular weight excluding hydrogens is 366 g/mol. The smallest absolute Gasteiger partial charge is 0.232 e. The monoisotopic (exact) mass is 393 g/mol. The predicted molar refractivity (Wildman–Crippen MR) is 113 cm³/mol. The fourth-order valence-electron chi connectivity index (χ4n) is 3.64. The van der Waals surface area contributed by atoms with Crippen LogP contribution in [0.15, 0.2) is 36.5 Å². The molecule has 1 fully saturated rings. The summed E-state index contributed by atoms with van der Waals surface area (Å²) in [5, 5.41) is 8.47. The zero-order valence-corrected chi connectivity index (χ0v) is 17.0. The summed E-state index contributed by atoms with van der Waals surface area (Å²) in [6.07, 6.45) is 5.01. The van der Waals surface area contributed by atoms with Crippen molar-refractivity contribution in [2.45, 2.75) is 33.1 Å². The van der Waals surface area contributed by atoms with E-state index in [1.165, 1.54) is 0 Å². The Kier molecular flexibility index (Phi) is 6.03. The number of hydrogen-bond donors (Lipinski definition) is 0. The lowest BCUT2D eigenvalue weighted by Crippen LogP contribution is -2.34. The Morgan fingerprint density at radius 1 is 1.03 bits per heavy atom. The van der Waals surface area contributed by atoms with Gasteiger partial charge in [0.05, 0.1) is 36.1 Å². The van der Waals surface area contributed by atoms with Crippen molar-refractivity contribution < 1.29 is 9.47 Å². The van der Waals surface area contributed by atoms with Gasteiger partial charge in [0.2, 0.25) is 5.88 Å². The molecule has 7 nitrogen and oxygen atoms in total. The molecule has 0 saturated carbocycles. The Bertz CT molecular complexity index is 940. The summed E-state index contributed by atoms with van der Waals surface area (Å²) >= 11 is 0. The first-order valence-corrected chi connectivity index (χ1v) is 10.3. The molecule has 1 aromatic carbocycles. The molecule has 152 valence electrons. The van der Waals surface area contributed by atoms with Crippen molar-refractivity contribution >= 4 is 16.9 Å². The van der Waals surface area contributed by atoms with E-state index in [-0.39, 0.29) is 0 Å². The van der Waals surface area contributed by atoms with Crippen LogP contribution < -0.4 is 14.4 Å². The van der Waals surface area contributed by atoms with Gasteiger partial charge < -0.3 is 14.4 Å². The Hall–Kier alpha value is -2.96. The maximum absolute atomic E-state index is 6.00. The first-order valence-electron chi connectivity index (χ1n) is 10.3. The van der Waals surface area contributed by atoms with Crippen LogP contribution in [0.25, 0.3) is 11.0 Å². The topological polar surface area (TPSA) is 73.3 Å². The van der Waals surface area contributed by atoms with Crippen LogP contribution in [0.5, 0.6) is 11.6 Å². The summed E-state index contributed by atoms with van der Waals surface area (Å²) in [6, 6.07) is 9.91. The van der Waals surface area contributed by atoms with Crippen LogP contribution >= 0.6 is 0 Å². The Morgan fingerprint density at radius 2 is 1.90 bits per heavy atom. The number of hydrogen-bond acceptors (Lipinski definition) is 7. The quantitative estimate of drug-likeness (QED) is 0.604. The molecule has 0 amide bonds. The highest BCUT2D eigenvalue weighted by Gasteiger charge is 2.20. The summed E-state index contributed by atoms with van der Waals surface area (Å²) in [5.41, 5.74) is 2.59. The summed E-state index contributed by atoms with van der Waals surface area (Å²) in [7, 11) is 0. The van der Waals surface area contributed by atoms with E-state index in [9.17, 15) is 0 Å².